The van der Waals surface area contributed by atoms with Crippen LogP contribution in [0.25, 0.3) is 0 Å². The van der Waals surface area contributed by atoms with Gasteiger partial charge in [-0.25, -0.2) is 0 Å². The number of hydrogen-bond donors (Lipinski definition) is 0. The van der Waals surface area contributed by atoms with Crippen LogP contribution in [0, 0.1) is 22.0 Å². The zero-order valence-electron chi connectivity index (χ0n) is 14.4. The molecule has 1 aromatic rings. The number of non-ortho nitro benzene ring substituents is 1. The van der Waals surface area contributed by atoms with Gasteiger partial charge in [-0.2, -0.15) is 0 Å². The number of fused-ring (bicyclic) bond motifs is 1. The van der Waals surface area contributed by atoms with Crippen molar-refractivity contribution in [2.24, 2.45) is 11.8 Å². The predicted octanol–water partition coefficient (Wildman–Crippen LogP) is 3.31. The van der Waals surface area contributed by atoms with E-state index in [0.717, 1.165) is 31.1 Å². The van der Waals surface area contributed by atoms with E-state index in [4.69, 9.17) is 0 Å². The first-order valence-corrected chi connectivity index (χ1v) is 8.72. The first-order valence-electron chi connectivity index (χ1n) is 8.72. The lowest BCUT2D eigenvalue weighted by Gasteiger charge is -2.41. The van der Waals surface area contributed by atoms with Crippen LogP contribution >= 0.6 is 0 Å². The molecule has 24 heavy (non-hydrogen) atoms. The van der Waals surface area contributed by atoms with Gasteiger partial charge in [0.15, 0.2) is 0 Å². The summed E-state index contributed by atoms with van der Waals surface area (Å²) < 4.78 is 0. The van der Waals surface area contributed by atoms with Gasteiger partial charge in [-0.05, 0) is 30.7 Å². The maximum Gasteiger partial charge on any atom is 0.270 e. The second-order valence-corrected chi connectivity index (χ2v) is 7.20. The number of likely N-dealkylation sites (tertiary alicyclic amines) is 1. The molecule has 6 heteroatoms. The molecule has 1 saturated carbocycles. The fourth-order valence-corrected chi connectivity index (χ4v) is 4.15. The minimum absolute atomic E-state index is 0.0310. The summed E-state index contributed by atoms with van der Waals surface area (Å²) >= 11 is 0. The monoisotopic (exact) mass is 331 g/mol. The predicted molar refractivity (Wildman–Crippen MR) is 93.4 cm³/mol. The van der Waals surface area contributed by atoms with E-state index in [0.29, 0.717) is 11.5 Å². The highest BCUT2D eigenvalue weighted by atomic mass is 16.6. The van der Waals surface area contributed by atoms with E-state index < -0.39 is 4.92 Å². The van der Waals surface area contributed by atoms with Gasteiger partial charge in [0.2, 0.25) is 0 Å². The summed E-state index contributed by atoms with van der Waals surface area (Å²) in [6, 6.07) is 4.54. The summed E-state index contributed by atoms with van der Waals surface area (Å²) in [5, 5.41) is 11.1. The molecule has 1 aromatic carbocycles. The summed E-state index contributed by atoms with van der Waals surface area (Å²) in [5.74, 6) is 1.27. The Morgan fingerprint density at radius 3 is 2.58 bits per heavy atom. The molecule has 1 amide bonds. The van der Waals surface area contributed by atoms with Crippen LogP contribution in [-0.2, 0) is 0 Å². The van der Waals surface area contributed by atoms with E-state index in [1.54, 1.807) is 6.07 Å². The number of anilines is 1. The second kappa shape index (κ2) is 6.79. The molecule has 3 rings (SSSR count). The minimum Gasteiger partial charge on any atom is -0.377 e. The summed E-state index contributed by atoms with van der Waals surface area (Å²) in [7, 11) is 3.70. The SMILES string of the molecule is CN(C)c1ccc([N+](=O)[O-])cc1C(=O)N1CC[C@@H]2CCCC[C@H]2C1. The lowest BCUT2D eigenvalue weighted by Crippen LogP contribution is -2.45. The standard InChI is InChI=1S/C18H25N3O3/c1-19(2)17-8-7-15(21(23)24)11-16(17)18(22)20-10-9-13-5-3-4-6-14(13)12-20/h7-8,11,13-14H,3-6,9-10,12H2,1-2H3/t13-,14-/m0/s1. The zero-order chi connectivity index (χ0) is 17.3. The molecule has 2 aliphatic rings. The fraction of sp³-hybridized carbons (Fsp3) is 0.611. The maximum atomic E-state index is 13.1. The van der Waals surface area contributed by atoms with Gasteiger partial charge in [0, 0.05) is 45.0 Å². The first-order chi connectivity index (χ1) is 11.5. The number of amides is 1. The molecule has 6 nitrogen and oxygen atoms in total. The van der Waals surface area contributed by atoms with Gasteiger partial charge in [0.05, 0.1) is 10.5 Å². The van der Waals surface area contributed by atoms with Crippen LogP contribution in [0.4, 0.5) is 11.4 Å². The number of rotatable bonds is 3. The first kappa shape index (κ1) is 16.7. The topological polar surface area (TPSA) is 66.7 Å². The van der Waals surface area contributed by atoms with Gasteiger partial charge >= 0.3 is 0 Å². The minimum atomic E-state index is -0.441. The highest BCUT2D eigenvalue weighted by molar-refractivity contribution is 6.00. The highest BCUT2D eigenvalue weighted by Gasteiger charge is 2.34. The maximum absolute atomic E-state index is 13.1. The average Bonchev–Trinajstić information content (AvgIpc) is 2.60. The number of benzene rings is 1. The average molecular weight is 331 g/mol. The van der Waals surface area contributed by atoms with Gasteiger partial charge in [-0.15, -0.1) is 0 Å². The van der Waals surface area contributed by atoms with Crippen LogP contribution in [0.2, 0.25) is 0 Å². The molecule has 0 radical (unpaired) electrons. The van der Waals surface area contributed by atoms with Crippen molar-refractivity contribution < 1.29 is 9.72 Å². The van der Waals surface area contributed by atoms with Crippen LogP contribution in [0.15, 0.2) is 18.2 Å². The van der Waals surface area contributed by atoms with Gasteiger partial charge in [-0.3, -0.25) is 14.9 Å². The third-order valence-corrected chi connectivity index (χ3v) is 5.48. The summed E-state index contributed by atoms with van der Waals surface area (Å²) in [6.07, 6.45) is 6.10. The number of carbonyl (C=O) groups is 1. The van der Waals surface area contributed by atoms with E-state index in [-0.39, 0.29) is 11.6 Å². The Morgan fingerprint density at radius 2 is 1.92 bits per heavy atom. The van der Waals surface area contributed by atoms with Crippen molar-refractivity contribution >= 4 is 17.3 Å². The van der Waals surface area contributed by atoms with Crippen LogP contribution in [0.5, 0.6) is 0 Å². The van der Waals surface area contributed by atoms with Crippen molar-refractivity contribution in [3.63, 3.8) is 0 Å². The molecule has 130 valence electrons. The van der Waals surface area contributed by atoms with Crippen LogP contribution < -0.4 is 4.90 Å². The van der Waals surface area contributed by atoms with Crippen LogP contribution in [-0.4, -0.2) is 42.9 Å². The molecule has 0 N–H and O–H groups in total. The Hall–Kier alpha value is -2.11. The third-order valence-electron chi connectivity index (χ3n) is 5.48. The number of hydrogen-bond acceptors (Lipinski definition) is 4. The zero-order valence-corrected chi connectivity index (χ0v) is 14.4. The van der Waals surface area contributed by atoms with Crippen molar-refractivity contribution in [1.29, 1.82) is 0 Å². The molecule has 2 fully saturated rings. The van der Waals surface area contributed by atoms with E-state index >= 15 is 0 Å². The summed E-state index contributed by atoms with van der Waals surface area (Å²) in [4.78, 5) is 27.4. The number of nitro groups is 1. The number of piperidine rings is 1. The Kier molecular flexibility index (Phi) is 4.73. The van der Waals surface area contributed by atoms with Crippen molar-refractivity contribution in [2.45, 2.75) is 32.1 Å². The van der Waals surface area contributed by atoms with Gasteiger partial charge in [-0.1, -0.05) is 19.3 Å². The Balaban J connectivity index is 1.85. The Labute approximate surface area is 142 Å². The molecular weight excluding hydrogens is 306 g/mol. The van der Waals surface area contributed by atoms with Crippen molar-refractivity contribution in [2.75, 3.05) is 32.1 Å². The van der Waals surface area contributed by atoms with E-state index in [1.807, 2.05) is 23.9 Å². The Morgan fingerprint density at radius 1 is 1.21 bits per heavy atom. The van der Waals surface area contributed by atoms with E-state index in [2.05, 4.69) is 0 Å². The number of nitro benzene ring substituents is 1. The Bertz CT molecular complexity index is 644. The van der Waals surface area contributed by atoms with Crippen LogP contribution in [0.3, 0.4) is 0 Å². The second-order valence-electron chi connectivity index (χ2n) is 7.20. The van der Waals surface area contributed by atoms with Crippen LogP contribution in [0.1, 0.15) is 42.5 Å². The molecule has 0 spiro atoms. The molecule has 0 aromatic heterocycles. The van der Waals surface area contributed by atoms with E-state index in [9.17, 15) is 14.9 Å². The molecule has 2 atom stereocenters. The number of nitrogens with zero attached hydrogens (tertiary/aromatic N) is 3. The third kappa shape index (κ3) is 3.23. The molecule has 0 unspecified atom stereocenters. The lowest BCUT2D eigenvalue weighted by molar-refractivity contribution is -0.384. The normalized spacial score (nSPS) is 23.5. The van der Waals surface area contributed by atoms with Crippen molar-refractivity contribution in [3.05, 3.63) is 33.9 Å². The molecule has 0 bridgehead atoms. The van der Waals surface area contributed by atoms with E-state index in [1.165, 1.54) is 37.8 Å². The lowest BCUT2D eigenvalue weighted by atomic mass is 9.75. The number of carbonyl (C=O) groups excluding carboxylic acids is 1. The van der Waals surface area contributed by atoms with Crippen molar-refractivity contribution in [3.8, 4) is 0 Å². The highest BCUT2D eigenvalue weighted by Crippen LogP contribution is 2.37. The van der Waals surface area contributed by atoms with Gasteiger partial charge < -0.3 is 9.80 Å². The molecule has 1 heterocycles. The summed E-state index contributed by atoms with van der Waals surface area (Å²) in [6.45, 7) is 1.55. The van der Waals surface area contributed by atoms with Gasteiger partial charge in [0.25, 0.3) is 11.6 Å². The van der Waals surface area contributed by atoms with Gasteiger partial charge in [0.1, 0.15) is 0 Å². The molecule has 1 aliphatic carbocycles. The quantitative estimate of drug-likeness (QED) is 0.629. The fourth-order valence-electron chi connectivity index (χ4n) is 4.15. The summed E-state index contributed by atoms with van der Waals surface area (Å²) in [5.41, 5.74) is 1.14. The van der Waals surface area contributed by atoms with Crippen molar-refractivity contribution in [1.82, 2.24) is 4.90 Å². The molecule has 1 aliphatic heterocycles. The largest absolute Gasteiger partial charge is 0.377 e. The molecule has 1 saturated heterocycles. The smallest absolute Gasteiger partial charge is 0.270 e. The molecular formula is C18H25N3O3.